The first-order valence-corrected chi connectivity index (χ1v) is 20.7. The Kier molecular flexibility index (Phi) is 15.7. The van der Waals surface area contributed by atoms with E-state index in [0.29, 0.717) is 11.1 Å². The molecule has 1 aliphatic heterocycles. The first-order valence-electron chi connectivity index (χ1n) is 20.7. The van der Waals surface area contributed by atoms with E-state index in [4.69, 9.17) is 14.6 Å². The number of aliphatic hydroxyl groups is 2. The van der Waals surface area contributed by atoms with Crippen molar-refractivity contribution >= 4 is 11.9 Å². The van der Waals surface area contributed by atoms with Gasteiger partial charge in [-0.05, 0) is 100 Å². The molecule has 0 saturated carbocycles. The fraction of sp³-hybridized carbons (Fsp3) is 0.265. The Morgan fingerprint density at radius 1 is 0.662 bits per heavy atom. The number of aromatic carboxylic acids is 1. The number of carboxylic acid groups (broad SMARTS) is 1. The molecule has 3 N–H and O–H groups in total. The zero-order chi connectivity index (χ0) is 46.8. The normalized spacial score (nSPS) is 17.7. The van der Waals surface area contributed by atoms with Crippen LogP contribution in [0.5, 0.6) is 11.5 Å². The molecule has 0 radical (unpaired) electrons. The van der Waals surface area contributed by atoms with Crippen molar-refractivity contribution in [2.75, 3.05) is 19.8 Å². The molecule has 16 heteroatoms. The third kappa shape index (κ3) is 12.4. The van der Waals surface area contributed by atoms with Crippen LogP contribution in [0.3, 0.4) is 0 Å². The molecule has 0 fully saturated rings. The van der Waals surface area contributed by atoms with Crippen molar-refractivity contribution in [2.24, 2.45) is 5.92 Å². The van der Waals surface area contributed by atoms with E-state index in [9.17, 15) is 37.4 Å². The summed E-state index contributed by atoms with van der Waals surface area (Å²) >= 11 is 0. The van der Waals surface area contributed by atoms with Crippen LogP contribution in [0.4, 0.5) is 17.6 Å². The minimum Gasteiger partial charge on any atom is -0.486 e. The van der Waals surface area contributed by atoms with E-state index >= 15 is 0 Å². The van der Waals surface area contributed by atoms with Crippen LogP contribution in [-0.2, 0) is 0 Å². The number of nitrogens with zero attached hydrogens (tertiary/aromatic N) is 5. The predicted octanol–water partition coefficient (Wildman–Crippen LogP) is 8.45. The first kappa shape index (κ1) is 47.4. The lowest BCUT2D eigenvalue weighted by Gasteiger charge is -2.37. The smallest absolute Gasteiger partial charge is 0.335 e. The second-order valence-corrected chi connectivity index (χ2v) is 15.6. The summed E-state index contributed by atoms with van der Waals surface area (Å²) in [6, 6.07) is 15.6. The number of benzene rings is 4. The summed E-state index contributed by atoms with van der Waals surface area (Å²) in [5, 5.41) is 28.0. The van der Waals surface area contributed by atoms with Crippen molar-refractivity contribution in [3.05, 3.63) is 179 Å². The van der Waals surface area contributed by atoms with E-state index in [1.807, 2.05) is 67.4 Å². The molecule has 2 aromatic heterocycles. The van der Waals surface area contributed by atoms with Crippen LogP contribution in [-0.4, -0.2) is 89.2 Å². The third-order valence-electron chi connectivity index (χ3n) is 10.7. The van der Waals surface area contributed by atoms with Crippen molar-refractivity contribution in [1.82, 2.24) is 24.0 Å². The van der Waals surface area contributed by atoms with Gasteiger partial charge in [0.25, 0.3) is 5.91 Å². The molecule has 2 aliphatic rings. The number of carbonyl (C=O) groups is 2. The molecular weight excluding hydrogens is 847 g/mol. The maximum absolute atomic E-state index is 13.5. The molecule has 8 rings (SSSR count). The van der Waals surface area contributed by atoms with E-state index in [-0.39, 0.29) is 49.2 Å². The van der Waals surface area contributed by atoms with E-state index < -0.39 is 41.4 Å². The highest BCUT2D eigenvalue weighted by Crippen LogP contribution is 2.27. The van der Waals surface area contributed by atoms with Gasteiger partial charge in [0.15, 0.2) is 0 Å². The summed E-state index contributed by atoms with van der Waals surface area (Å²) in [7, 11) is 0. The number of carbonyl (C=O) groups excluding carboxylic acids is 1. The molecular formula is C49H49F4N5O7. The molecule has 0 spiro atoms. The first-order chi connectivity index (χ1) is 31.1. The summed E-state index contributed by atoms with van der Waals surface area (Å²) in [6.07, 6.45) is 15.1. The van der Waals surface area contributed by atoms with Crippen LogP contribution < -0.4 is 9.47 Å². The minimum absolute atomic E-state index is 0.00675. The second kappa shape index (κ2) is 21.6. The van der Waals surface area contributed by atoms with E-state index in [1.54, 1.807) is 55.1 Å². The minimum atomic E-state index is -0.906. The van der Waals surface area contributed by atoms with Gasteiger partial charge in [-0.3, -0.25) is 4.79 Å². The van der Waals surface area contributed by atoms with Gasteiger partial charge in [0.2, 0.25) is 0 Å². The van der Waals surface area contributed by atoms with Gasteiger partial charge < -0.3 is 38.8 Å². The molecule has 0 bridgehead atoms. The van der Waals surface area contributed by atoms with Crippen LogP contribution in [0, 0.1) is 56.9 Å². The molecule has 12 nitrogen and oxygen atoms in total. The predicted molar refractivity (Wildman–Crippen MR) is 235 cm³/mol. The van der Waals surface area contributed by atoms with Gasteiger partial charge in [0.05, 0.1) is 42.3 Å². The average Bonchev–Trinajstić information content (AvgIpc) is 3.90. The highest BCUT2D eigenvalue weighted by molar-refractivity contribution is 5.95. The summed E-state index contributed by atoms with van der Waals surface area (Å²) in [4.78, 5) is 33.9. The van der Waals surface area contributed by atoms with Crippen LogP contribution in [0.25, 0.3) is 11.4 Å². The fourth-order valence-corrected chi connectivity index (χ4v) is 7.43. The molecule has 340 valence electrons. The highest BCUT2D eigenvalue weighted by atomic mass is 19.1. The molecule has 0 saturated heterocycles. The third-order valence-corrected chi connectivity index (χ3v) is 10.7. The highest BCUT2D eigenvalue weighted by Gasteiger charge is 2.33. The number of carboxylic acids is 1. The Morgan fingerprint density at radius 2 is 1.15 bits per heavy atom. The number of amides is 1. The van der Waals surface area contributed by atoms with Gasteiger partial charge in [-0.25, -0.2) is 32.3 Å². The van der Waals surface area contributed by atoms with Crippen LogP contribution in [0.2, 0.25) is 0 Å². The Hall–Kier alpha value is -7.04. The van der Waals surface area contributed by atoms with E-state index in [0.717, 1.165) is 83.1 Å². The Balaban J connectivity index is 0.000000178. The summed E-state index contributed by atoms with van der Waals surface area (Å²) < 4.78 is 68.0. The number of rotatable bonds is 10. The lowest BCUT2D eigenvalue weighted by atomic mass is 9.92. The number of halogens is 4. The van der Waals surface area contributed by atoms with Crippen LogP contribution in [0.1, 0.15) is 56.1 Å². The topological polar surface area (TPSA) is 152 Å². The SMILES string of the molecule is Cc1cn(-c2ccc(C(=O)N3CC=C[C@H](Oc4cc(F)cc(F)c4)[C@@H]3CO)cc2C)cn1.Cc1cn(-c2ccc(C(=O)O)cc2C)cn1.OC[C@@H]1CCC=C[C@@H]1Oc1cc(F)cc(F)c1. The van der Waals surface area contributed by atoms with Gasteiger partial charge in [0.1, 0.15) is 47.0 Å². The maximum atomic E-state index is 13.5. The number of hydrogen-bond donors (Lipinski definition) is 3. The quantitative estimate of drug-likeness (QED) is 0.0909. The fourth-order valence-electron chi connectivity index (χ4n) is 7.43. The molecule has 0 unspecified atom stereocenters. The number of aromatic nitrogens is 4. The number of hydrogen-bond acceptors (Lipinski definition) is 8. The molecule has 1 aliphatic carbocycles. The molecule has 1 amide bonds. The molecule has 4 atom stereocenters. The zero-order valence-corrected chi connectivity index (χ0v) is 36.1. The summed E-state index contributed by atoms with van der Waals surface area (Å²) in [5.74, 6) is -3.93. The number of ether oxygens (including phenoxy) is 2. The van der Waals surface area contributed by atoms with Gasteiger partial charge in [-0.1, -0.05) is 12.2 Å². The number of imidazole rings is 2. The molecule has 6 aromatic rings. The lowest BCUT2D eigenvalue weighted by molar-refractivity contribution is 0.0356. The number of allylic oxidation sites excluding steroid dienone is 1. The Bertz CT molecular complexity index is 2640. The van der Waals surface area contributed by atoms with Crippen molar-refractivity contribution in [3.63, 3.8) is 0 Å². The van der Waals surface area contributed by atoms with Gasteiger partial charge in [0, 0.05) is 84.8 Å². The number of aryl methyl sites for hydroxylation is 4. The molecule has 4 aromatic carbocycles. The van der Waals surface area contributed by atoms with E-state index in [2.05, 4.69) is 9.97 Å². The average molecular weight is 896 g/mol. The van der Waals surface area contributed by atoms with Crippen molar-refractivity contribution in [1.29, 1.82) is 0 Å². The zero-order valence-electron chi connectivity index (χ0n) is 36.1. The standard InChI is InChI=1S/C24H23F2N3O3.C13H14F2O2.C12H12N2O2/c1-15-8-17(5-6-21(15)28-12-16(2)27-14-28)24(31)29-7-3-4-23(22(29)13-30)32-20-10-18(25)9-19(26)11-20;14-10-5-11(15)7-12(6-10)17-13-4-2-1-3-9(13)8-16;1-8-5-10(12(15)16)3-4-11(8)14-6-9(2)13-7-14/h3-6,8-12,14,22-23,30H,7,13H2,1-2H3;2,4-7,9,13,16H,1,3,8H2;3-7H,1-2H3,(H,15,16)/t22-,23-;9-,13-;/m00./s1. The summed E-state index contributed by atoms with van der Waals surface area (Å²) in [6.45, 7) is 7.53. The number of aliphatic hydroxyl groups excluding tert-OH is 2. The second-order valence-electron chi connectivity index (χ2n) is 15.6. The summed E-state index contributed by atoms with van der Waals surface area (Å²) in [5.41, 5.74) is 6.26. The monoisotopic (exact) mass is 895 g/mol. The van der Waals surface area contributed by atoms with Gasteiger partial charge >= 0.3 is 5.97 Å². The lowest BCUT2D eigenvalue weighted by Crippen LogP contribution is -2.52. The van der Waals surface area contributed by atoms with Crippen LogP contribution >= 0.6 is 0 Å². The van der Waals surface area contributed by atoms with E-state index in [1.165, 1.54) is 4.90 Å². The van der Waals surface area contributed by atoms with Crippen molar-refractivity contribution < 1.29 is 51.9 Å². The Morgan fingerprint density at radius 3 is 1.62 bits per heavy atom. The van der Waals surface area contributed by atoms with Gasteiger partial charge in [-0.2, -0.15) is 0 Å². The maximum Gasteiger partial charge on any atom is 0.335 e. The Labute approximate surface area is 373 Å². The van der Waals surface area contributed by atoms with Gasteiger partial charge in [-0.15, -0.1) is 0 Å². The van der Waals surface area contributed by atoms with Crippen LogP contribution in [0.15, 0.2) is 122 Å². The van der Waals surface area contributed by atoms with Crippen molar-refractivity contribution in [2.45, 2.75) is 58.8 Å². The molecule has 65 heavy (non-hydrogen) atoms. The largest absolute Gasteiger partial charge is 0.486 e. The van der Waals surface area contributed by atoms with Crippen molar-refractivity contribution in [3.8, 4) is 22.9 Å². The molecule has 3 heterocycles.